The number of aliphatic hydroxyl groups excluding tert-OH is 1. The number of carboxylic acids is 1. The number of phenolic OH excluding ortho intramolecular Hbond substituents is 1. The second kappa shape index (κ2) is 8.66. The molecule has 0 fully saturated rings. The number of phenols is 1. The molecule has 2 rings (SSSR count). The zero-order valence-electron chi connectivity index (χ0n) is 15.3. The highest BCUT2D eigenvalue weighted by atomic mass is 16.4. The maximum Gasteiger partial charge on any atom is 0.335 e. The molecule has 0 bridgehead atoms. The number of hydrogen-bond donors (Lipinski definition) is 5. The van der Waals surface area contributed by atoms with E-state index in [1.807, 2.05) is 19.9 Å². The highest BCUT2D eigenvalue weighted by Crippen LogP contribution is 2.27. The Bertz CT molecular complexity index is 820. The van der Waals surface area contributed by atoms with Gasteiger partial charge in [0.05, 0.1) is 17.4 Å². The summed E-state index contributed by atoms with van der Waals surface area (Å²) in [6.45, 7) is 4.17. The molecule has 0 spiro atoms. The zero-order valence-corrected chi connectivity index (χ0v) is 15.3. The third-order valence-electron chi connectivity index (χ3n) is 4.21. The topological polar surface area (TPSA) is 119 Å². The predicted molar refractivity (Wildman–Crippen MR) is 102 cm³/mol. The lowest BCUT2D eigenvalue weighted by molar-refractivity contribution is -0.105. The molecule has 7 nitrogen and oxygen atoms in total. The highest BCUT2D eigenvalue weighted by molar-refractivity contribution is 5.87. The fraction of sp³-hybridized carbons (Fsp3) is 0.300. The smallest absolute Gasteiger partial charge is 0.335 e. The molecule has 0 saturated carbocycles. The van der Waals surface area contributed by atoms with Gasteiger partial charge >= 0.3 is 5.97 Å². The third-order valence-corrected chi connectivity index (χ3v) is 4.21. The van der Waals surface area contributed by atoms with Gasteiger partial charge in [0.2, 0.25) is 6.41 Å². The molecule has 2 aromatic carbocycles. The Hall–Kier alpha value is -2.90. The average Bonchev–Trinajstić information content (AvgIpc) is 2.61. The van der Waals surface area contributed by atoms with Crippen LogP contribution >= 0.6 is 0 Å². The van der Waals surface area contributed by atoms with Crippen LogP contribution in [0.5, 0.6) is 5.75 Å². The Kier molecular flexibility index (Phi) is 6.55. The summed E-state index contributed by atoms with van der Waals surface area (Å²) in [5.74, 6) is -1.05. The number of benzene rings is 2. The van der Waals surface area contributed by atoms with E-state index in [9.17, 15) is 19.8 Å². The number of aromatic hydroxyl groups is 1. The Labute approximate surface area is 157 Å². The number of carboxylic acid groups (broad SMARTS) is 1. The highest BCUT2D eigenvalue weighted by Gasteiger charge is 2.21. The molecule has 0 aliphatic heterocycles. The number of amides is 1. The van der Waals surface area contributed by atoms with Crippen molar-refractivity contribution in [1.29, 1.82) is 0 Å². The molecule has 0 aliphatic carbocycles. The van der Waals surface area contributed by atoms with Gasteiger partial charge in [-0.3, -0.25) is 4.79 Å². The lowest BCUT2D eigenvalue weighted by atomic mass is 9.93. The molecule has 0 radical (unpaired) electrons. The summed E-state index contributed by atoms with van der Waals surface area (Å²) in [5, 5.41) is 34.8. The van der Waals surface area contributed by atoms with Gasteiger partial charge in [0.15, 0.2) is 0 Å². The molecule has 7 heteroatoms. The Morgan fingerprint density at radius 1 is 1.22 bits per heavy atom. The van der Waals surface area contributed by atoms with Crippen LogP contribution in [-0.2, 0) is 11.2 Å². The maximum atomic E-state index is 11.1. The first-order valence-electron chi connectivity index (χ1n) is 8.50. The van der Waals surface area contributed by atoms with Crippen molar-refractivity contribution >= 4 is 18.1 Å². The minimum absolute atomic E-state index is 0.0790. The summed E-state index contributed by atoms with van der Waals surface area (Å²) >= 11 is 0. The van der Waals surface area contributed by atoms with E-state index in [2.05, 4.69) is 10.6 Å². The first-order chi connectivity index (χ1) is 12.7. The van der Waals surface area contributed by atoms with Gasteiger partial charge < -0.3 is 26.0 Å². The van der Waals surface area contributed by atoms with Crippen LogP contribution in [0.4, 0.5) is 5.69 Å². The van der Waals surface area contributed by atoms with Crippen molar-refractivity contribution in [2.75, 3.05) is 11.9 Å². The second-order valence-electron chi connectivity index (χ2n) is 7.00. The van der Waals surface area contributed by atoms with E-state index in [1.54, 1.807) is 24.3 Å². The van der Waals surface area contributed by atoms with E-state index in [4.69, 9.17) is 5.11 Å². The van der Waals surface area contributed by atoms with Crippen molar-refractivity contribution in [3.63, 3.8) is 0 Å². The molecule has 5 N–H and O–H groups in total. The maximum absolute atomic E-state index is 11.1. The van der Waals surface area contributed by atoms with Crippen molar-refractivity contribution in [2.24, 2.45) is 0 Å². The van der Waals surface area contributed by atoms with Gasteiger partial charge in [0.25, 0.3) is 0 Å². The Morgan fingerprint density at radius 2 is 1.96 bits per heavy atom. The van der Waals surface area contributed by atoms with Crippen LogP contribution in [0, 0.1) is 0 Å². The number of carbonyl (C=O) groups excluding carboxylic acids is 1. The number of nitrogens with one attached hydrogen (secondary N) is 2. The quantitative estimate of drug-likeness (QED) is 0.340. The Balaban J connectivity index is 2.01. The standard InChI is InChI=1S/C20H24N2O5/c1-20(2,10-13-4-3-5-15(8-13)19(26)27)22-11-18(25)14-6-7-17(24)16(9-14)21-12-23/h3-9,12,18,22,24-25H,10-11H2,1-2H3,(H,21,23)(H,26,27)/t18-/m0/s1. The van der Waals surface area contributed by atoms with Gasteiger partial charge in [-0.2, -0.15) is 0 Å². The monoisotopic (exact) mass is 372 g/mol. The van der Waals surface area contributed by atoms with Crippen LogP contribution in [0.25, 0.3) is 0 Å². The van der Waals surface area contributed by atoms with E-state index >= 15 is 0 Å². The van der Waals surface area contributed by atoms with Gasteiger partial charge in [-0.15, -0.1) is 0 Å². The predicted octanol–water partition coefficient (Wildman–Crippen LogP) is 2.30. The molecule has 0 saturated heterocycles. The van der Waals surface area contributed by atoms with E-state index in [0.29, 0.717) is 18.4 Å². The summed E-state index contributed by atoms with van der Waals surface area (Å²) in [6, 6.07) is 11.3. The first-order valence-corrected chi connectivity index (χ1v) is 8.50. The molecule has 0 unspecified atom stereocenters. The molecular weight excluding hydrogens is 348 g/mol. The molecule has 27 heavy (non-hydrogen) atoms. The summed E-state index contributed by atoms with van der Waals surface area (Å²) in [6.07, 6.45) is 0.189. The molecule has 1 atom stereocenters. The lowest BCUT2D eigenvalue weighted by Gasteiger charge is -2.28. The van der Waals surface area contributed by atoms with E-state index in [-0.39, 0.29) is 29.1 Å². The number of anilines is 1. The van der Waals surface area contributed by atoms with Crippen LogP contribution < -0.4 is 10.6 Å². The number of aromatic carboxylic acids is 1. The van der Waals surface area contributed by atoms with Gasteiger partial charge in [-0.1, -0.05) is 18.2 Å². The average molecular weight is 372 g/mol. The van der Waals surface area contributed by atoms with Crippen molar-refractivity contribution < 1.29 is 24.9 Å². The number of aliphatic hydroxyl groups is 1. The van der Waals surface area contributed by atoms with Gasteiger partial charge in [0, 0.05) is 12.1 Å². The van der Waals surface area contributed by atoms with E-state index in [0.717, 1.165) is 5.56 Å². The minimum atomic E-state index is -0.967. The Morgan fingerprint density at radius 3 is 2.63 bits per heavy atom. The number of hydrogen-bond acceptors (Lipinski definition) is 5. The van der Waals surface area contributed by atoms with Crippen molar-refractivity contribution in [1.82, 2.24) is 5.32 Å². The van der Waals surface area contributed by atoms with Gasteiger partial charge in [-0.25, -0.2) is 4.79 Å². The van der Waals surface area contributed by atoms with Gasteiger partial charge in [0.1, 0.15) is 5.75 Å². The largest absolute Gasteiger partial charge is 0.506 e. The van der Waals surface area contributed by atoms with E-state index in [1.165, 1.54) is 12.1 Å². The lowest BCUT2D eigenvalue weighted by Crippen LogP contribution is -2.43. The SMILES string of the molecule is CC(C)(Cc1cccc(C(=O)O)c1)NC[C@H](O)c1ccc(O)c(NC=O)c1. The summed E-state index contributed by atoms with van der Waals surface area (Å²) in [5.41, 5.74) is 1.50. The first kappa shape index (κ1) is 20.4. The summed E-state index contributed by atoms with van der Waals surface area (Å²) < 4.78 is 0. The molecular formula is C20H24N2O5. The number of β-amino-alcohol motifs (C(OH)–C–C–N with tert-alkyl or cyclic N) is 1. The van der Waals surface area contributed by atoms with Crippen LogP contribution in [0.1, 0.15) is 41.4 Å². The molecule has 2 aromatic rings. The summed E-state index contributed by atoms with van der Waals surface area (Å²) in [7, 11) is 0. The van der Waals surface area contributed by atoms with Gasteiger partial charge in [-0.05, 0) is 55.7 Å². The molecule has 1 amide bonds. The van der Waals surface area contributed by atoms with Crippen molar-refractivity contribution in [2.45, 2.75) is 31.9 Å². The molecule has 144 valence electrons. The third kappa shape index (κ3) is 5.80. The molecule has 0 aromatic heterocycles. The number of rotatable bonds is 9. The van der Waals surface area contributed by atoms with Crippen LogP contribution in [0.15, 0.2) is 42.5 Å². The van der Waals surface area contributed by atoms with E-state index < -0.39 is 12.1 Å². The van der Waals surface area contributed by atoms with Crippen LogP contribution in [-0.4, -0.2) is 39.8 Å². The fourth-order valence-corrected chi connectivity index (χ4v) is 2.82. The van der Waals surface area contributed by atoms with Crippen LogP contribution in [0.3, 0.4) is 0 Å². The van der Waals surface area contributed by atoms with Crippen LogP contribution in [0.2, 0.25) is 0 Å². The molecule has 0 aliphatic rings. The second-order valence-corrected chi connectivity index (χ2v) is 7.00. The minimum Gasteiger partial charge on any atom is -0.506 e. The van der Waals surface area contributed by atoms with Crippen molar-refractivity contribution in [3.8, 4) is 5.75 Å². The fourth-order valence-electron chi connectivity index (χ4n) is 2.82. The van der Waals surface area contributed by atoms with Crippen molar-refractivity contribution in [3.05, 3.63) is 59.2 Å². The molecule has 0 heterocycles. The number of carbonyl (C=O) groups is 2. The summed E-state index contributed by atoms with van der Waals surface area (Å²) in [4.78, 5) is 21.7. The zero-order chi connectivity index (χ0) is 20.0. The normalized spacial score (nSPS) is 12.4.